The van der Waals surface area contributed by atoms with Gasteiger partial charge in [-0.15, -0.1) is 0 Å². The predicted molar refractivity (Wildman–Crippen MR) is 120 cm³/mol. The lowest BCUT2D eigenvalue weighted by Crippen LogP contribution is -2.47. The van der Waals surface area contributed by atoms with Crippen LogP contribution in [0.25, 0.3) is 0 Å². The van der Waals surface area contributed by atoms with E-state index in [9.17, 15) is 12.8 Å². The van der Waals surface area contributed by atoms with Crippen LogP contribution in [0.5, 0.6) is 0 Å². The summed E-state index contributed by atoms with van der Waals surface area (Å²) >= 11 is 0. The Balaban J connectivity index is 1.58. The molecule has 0 N–H and O–H groups in total. The van der Waals surface area contributed by atoms with E-state index in [1.54, 1.807) is 6.20 Å². The first-order chi connectivity index (χ1) is 14.9. The molecule has 0 bridgehead atoms. The molecule has 0 spiro atoms. The van der Waals surface area contributed by atoms with Crippen LogP contribution >= 0.6 is 0 Å². The van der Waals surface area contributed by atoms with Crippen LogP contribution < -0.4 is 4.31 Å². The van der Waals surface area contributed by atoms with Gasteiger partial charge in [-0.05, 0) is 67.8 Å². The maximum atomic E-state index is 13.6. The fraction of sp³-hybridized carbons (Fsp3) is 0.292. The van der Waals surface area contributed by atoms with Crippen molar-refractivity contribution in [1.29, 1.82) is 0 Å². The number of likely N-dealkylation sites (tertiary alicyclic amines) is 1. The van der Waals surface area contributed by atoms with Gasteiger partial charge in [0.1, 0.15) is 5.82 Å². The van der Waals surface area contributed by atoms with Crippen LogP contribution in [0, 0.1) is 12.7 Å². The molecule has 1 fully saturated rings. The van der Waals surface area contributed by atoms with E-state index < -0.39 is 15.8 Å². The molecule has 0 atom stereocenters. The first kappa shape index (κ1) is 21.5. The molecule has 2 heterocycles. The predicted octanol–water partition coefficient (Wildman–Crippen LogP) is 4.39. The Labute approximate surface area is 183 Å². The number of nitrogens with zero attached hydrogens (tertiary/aromatic N) is 3. The number of aromatic nitrogens is 1. The molecule has 1 saturated heterocycles. The van der Waals surface area contributed by atoms with Gasteiger partial charge in [-0.2, -0.15) is 0 Å². The van der Waals surface area contributed by atoms with Gasteiger partial charge in [-0.25, -0.2) is 12.8 Å². The molecule has 7 heteroatoms. The second kappa shape index (κ2) is 9.16. The average Bonchev–Trinajstić information content (AvgIpc) is 2.77. The van der Waals surface area contributed by atoms with Gasteiger partial charge >= 0.3 is 0 Å². The van der Waals surface area contributed by atoms with Gasteiger partial charge in [-0.3, -0.25) is 14.2 Å². The monoisotopic (exact) mass is 439 g/mol. The molecule has 0 amide bonds. The zero-order valence-corrected chi connectivity index (χ0v) is 18.3. The van der Waals surface area contributed by atoms with E-state index in [0.717, 1.165) is 30.8 Å². The van der Waals surface area contributed by atoms with Gasteiger partial charge in [0.05, 0.1) is 10.6 Å². The Morgan fingerprint density at radius 1 is 1.03 bits per heavy atom. The third kappa shape index (κ3) is 4.94. The Morgan fingerprint density at radius 2 is 1.71 bits per heavy atom. The lowest BCUT2D eigenvalue weighted by atomic mass is 10.0. The highest BCUT2D eigenvalue weighted by molar-refractivity contribution is 7.92. The number of halogens is 1. The Hall–Kier alpha value is -2.77. The highest BCUT2D eigenvalue weighted by Gasteiger charge is 2.34. The number of sulfonamides is 1. The van der Waals surface area contributed by atoms with Gasteiger partial charge < -0.3 is 0 Å². The van der Waals surface area contributed by atoms with E-state index in [0.29, 0.717) is 18.5 Å². The van der Waals surface area contributed by atoms with Crippen molar-refractivity contribution >= 4 is 15.7 Å². The van der Waals surface area contributed by atoms with Crippen molar-refractivity contribution in [3.05, 3.63) is 90.0 Å². The summed E-state index contributed by atoms with van der Waals surface area (Å²) in [5.41, 5.74) is 2.85. The van der Waals surface area contributed by atoms with Crippen LogP contribution in [-0.2, 0) is 16.6 Å². The summed E-state index contributed by atoms with van der Waals surface area (Å²) < 4.78 is 42.1. The molecule has 0 unspecified atom stereocenters. The summed E-state index contributed by atoms with van der Waals surface area (Å²) in [5, 5.41) is 0. The number of pyridine rings is 1. The fourth-order valence-electron chi connectivity index (χ4n) is 4.02. The second-order valence-electron chi connectivity index (χ2n) is 7.96. The molecule has 0 radical (unpaired) electrons. The highest BCUT2D eigenvalue weighted by atomic mass is 32.2. The number of hydrogen-bond donors (Lipinski definition) is 0. The molecule has 0 saturated carbocycles. The Morgan fingerprint density at radius 3 is 2.32 bits per heavy atom. The van der Waals surface area contributed by atoms with E-state index in [2.05, 4.69) is 16.0 Å². The van der Waals surface area contributed by atoms with Gasteiger partial charge in [0, 0.05) is 38.1 Å². The summed E-state index contributed by atoms with van der Waals surface area (Å²) in [6, 6.07) is 16.4. The van der Waals surface area contributed by atoms with Crippen molar-refractivity contribution in [3.63, 3.8) is 0 Å². The van der Waals surface area contributed by atoms with E-state index in [-0.39, 0.29) is 10.9 Å². The van der Waals surface area contributed by atoms with Crippen molar-refractivity contribution in [2.24, 2.45) is 0 Å². The lowest BCUT2D eigenvalue weighted by molar-refractivity contribution is 0.206. The lowest BCUT2D eigenvalue weighted by Gasteiger charge is -2.39. The van der Waals surface area contributed by atoms with Gasteiger partial charge in [-0.1, -0.05) is 23.8 Å². The number of benzene rings is 2. The van der Waals surface area contributed by atoms with E-state index in [4.69, 9.17) is 0 Å². The standard InChI is InChI=1S/C24H26FN3O2S/c1-19-4-8-22(9-5-19)28(31(29,30)24-10-6-21(25)7-11-24)23-12-15-27(16-13-23)18-20-3-2-14-26-17-20/h2-11,14,17,23H,12-13,15-16,18H2,1H3. The minimum Gasteiger partial charge on any atom is -0.299 e. The SMILES string of the molecule is Cc1ccc(N(C2CCN(Cc3cccnc3)CC2)S(=O)(=O)c2ccc(F)cc2)cc1. The Bertz CT molecular complexity index is 1100. The van der Waals surface area contributed by atoms with Crippen molar-refractivity contribution in [3.8, 4) is 0 Å². The third-order valence-electron chi connectivity index (χ3n) is 5.68. The van der Waals surface area contributed by atoms with Crippen molar-refractivity contribution in [1.82, 2.24) is 9.88 Å². The average molecular weight is 440 g/mol. The molecular formula is C24H26FN3O2S. The topological polar surface area (TPSA) is 53.5 Å². The van der Waals surface area contributed by atoms with Crippen molar-refractivity contribution < 1.29 is 12.8 Å². The van der Waals surface area contributed by atoms with Crippen molar-refractivity contribution in [2.45, 2.75) is 37.2 Å². The van der Waals surface area contributed by atoms with Crippen LogP contribution in [0.3, 0.4) is 0 Å². The van der Waals surface area contributed by atoms with Crippen LogP contribution in [-0.4, -0.2) is 37.4 Å². The summed E-state index contributed by atoms with van der Waals surface area (Å²) in [6.07, 6.45) is 5.06. The molecule has 1 aromatic heterocycles. The van der Waals surface area contributed by atoms with E-state index >= 15 is 0 Å². The zero-order valence-electron chi connectivity index (χ0n) is 17.5. The first-order valence-electron chi connectivity index (χ1n) is 10.4. The van der Waals surface area contributed by atoms with Gasteiger partial charge in [0.2, 0.25) is 0 Å². The number of anilines is 1. The van der Waals surface area contributed by atoms with Crippen LogP contribution in [0.1, 0.15) is 24.0 Å². The summed E-state index contributed by atoms with van der Waals surface area (Å²) in [7, 11) is -3.82. The minimum atomic E-state index is -3.82. The number of aryl methyl sites for hydroxylation is 1. The molecule has 1 aliphatic heterocycles. The minimum absolute atomic E-state index is 0.104. The first-order valence-corrected chi connectivity index (χ1v) is 11.9. The molecule has 1 aliphatic rings. The quantitative estimate of drug-likeness (QED) is 0.572. The van der Waals surface area contributed by atoms with Crippen LogP contribution in [0.15, 0.2) is 78.0 Å². The summed E-state index contributed by atoms with van der Waals surface area (Å²) in [5.74, 6) is -0.454. The maximum Gasteiger partial charge on any atom is 0.264 e. The van der Waals surface area contributed by atoms with Crippen molar-refractivity contribution in [2.75, 3.05) is 17.4 Å². The van der Waals surface area contributed by atoms with Crippen LogP contribution in [0.2, 0.25) is 0 Å². The smallest absolute Gasteiger partial charge is 0.264 e. The largest absolute Gasteiger partial charge is 0.299 e. The molecule has 0 aliphatic carbocycles. The molecule has 4 rings (SSSR count). The second-order valence-corrected chi connectivity index (χ2v) is 9.77. The summed E-state index contributed by atoms with van der Waals surface area (Å²) in [6.45, 7) is 4.36. The molecule has 31 heavy (non-hydrogen) atoms. The van der Waals surface area contributed by atoms with Gasteiger partial charge in [0.15, 0.2) is 0 Å². The Kier molecular flexibility index (Phi) is 6.34. The number of hydrogen-bond acceptors (Lipinski definition) is 4. The molecular weight excluding hydrogens is 413 g/mol. The number of piperidine rings is 1. The molecule has 2 aromatic carbocycles. The fourth-order valence-corrected chi connectivity index (χ4v) is 5.73. The maximum absolute atomic E-state index is 13.6. The zero-order chi connectivity index (χ0) is 21.8. The highest BCUT2D eigenvalue weighted by Crippen LogP contribution is 2.31. The van der Waals surface area contributed by atoms with E-state index in [1.807, 2.05) is 43.5 Å². The third-order valence-corrected chi connectivity index (χ3v) is 7.57. The molecule has 162 valence electrons. The van der Waals surface area contributed by atoms with Crippen LogP contribution in [0.4, 0.5) is 10.1 Å². The number of rotatable bonds is 6. The van der Waals surface area contributed by atoms with Gasteiger partial charge in [0.25, 0.3) is 10.0 Å². The normalized spacial score (nSPS) is 15.7. The van der Waals surface area contributed by atoms with E-state index in [1.165, 1.54) is 28.6 Å². The molecule has 3 aromatic rings. The summed E-state index contributed by atoms with van der Waals surface area (Å²) in [4.78, 5) is 6.60. The molecule has 5 nitrogen and oxygen atoms in total.